The maximum absolute atomic E-state index is 12.5. The molecule has 2 aliphatic carbocycles. The topological polar surface area (TPSA) is 26.3 Å². The summed E-state index contributed by atoms with van der Waals surface area (Å²) >= 11 is 0. The molecule has 1 heterocycles. The number of hydrogen-bond acceptors (Lipinski definition) is 2. The Kier molecular flexibility index (Phi) is 2.12. The predicted octanol–water partition coefficient (Wildman–Crippen LogP) is 3.24. The molecular weight excluding hydrogens is 224 g/mol. The Bertz CT molecular complexity index is 510. The highest BCUT2D eigenvalue weighted by atomic mass is 16.5. The van der Waals surface area contributed by atoms with Crippen molar-refractivity contribution in [2.45, 2.75) is 38.7 Å². The van der Waals surface area contributed by atoms with Gasteiger partial charge in [0, 0.05) is 17.9 Å². The molecule has 94 valence electrons. The molecule has 0 bridgehead atoms. The fraction of sp³-hybridized carbons (Fsp3) is 0.562. The Morgan fingerprint density at radius 1 is 1.22 bits per heavy atom. The molecule has 3 atom stereocenters. The molecule has 2 heteroatoms. The summed E-state index contributed by atoms with van der Waals surface area (Å²) in [7, 11) is 0. The number of carbonyl (C=O) groups is 1. The number of fused-ring (bicyclic) bond motifs is 2. The lowest BCUT2D eigenvalue weighted by molar-refractivity contribution is 0.0914. The largest absolute Gasteiger partial charge is 0.490 e. The van der Waals surface area contributed by atoms with Crippen molar-refractivity contribution in [2.24, 2.45) is 17.8 Å². The van der Waals surface area contributed by atoms with Crippen LogP contribution >= 0.6 is 0 Å². The highest BCUT2D eigenvalue weighted by Crippen LogP contribution is 2.55. The lowest BCUT2D eigenvalue weighted by Crippen LogP contribution is -2.13. The summed E-state index contributed by atoms with van der Waals surface area (Å²) in [6.45, 7) is 2.08. The molecule has 0 radical (unpaired) electrons. The predicted molar refractivity (Wildman–Crippen MR) is 68.9 cm³/mol. The van der Waals surface area contributed by atoms with Crippen molar-refractivity contribution < 1.29 is 9.53 Å². The van der Waals surface area contributed by atoms with E-state index in [0.717, 1.165) is 42.4 Å². The van der Waals surface area contributed by atoms with Gasteiger partial charge in [0.1, 0.15) is 11.9 Å². The Morgan fingerprint density at radius 2 is 2.00 bits per heavy atom. The molecule has 0 aromatic heterocycles. The quantitative estimate of drug-likeness (QED) is 0.744. The third-order valence-corrected chi connectivity index (χ3v) is 4.79. The second kappa shape index (κ2) is 3.59. The van der Waals surface area contributed by atoms with Crippen molar-refractivity contribution in [1.82, 2.24) is 0 Å². The Morgan fingerprint density at radius 3 is 2.78 bits per heavy atom. The minimum atomic E-state index is 0.254. The maximum Gasteiger partial charge on any atom is 0.165 e. The van der Waals surface area contributed by atoms with E-state index >= 15 is 0 Å². The fourth-order valence-electron chi connectivity index (χ4n) is 3.74. The van der Waals surface area contributed by atoms with Gasteiger partial charge in [0.15, 0.2) is 5.78 Å². The van der Waals surface area contributed by atoms with Crippen LogP contribution in [-0.2, 0) is 6.42 Å². The van der Waals surface area contributed by atoms with Gasteiger partial charge in [0.05, 0.1) is 0 Å². The smallest absolute Gasteiger partial charge is 0.165 e. The number of benzene rings is 1. The molecule has 3 unspecified atom stereocenters. The molecule has 0 saturated heterocycles. The zero-order chi connectivity index (χ0) is 12.3. The van der Waals surface area contributed by atoms with E-state index in [2.05, 4.69) is 13.0 Å². The van der Waals surface area contributed by atoms with Gasteiger partial charge in [-0.15, -0.1) is 0 Å². The molecule has 18 heavy (non-hydrogen) atoms. The molecule has 2 saturated carbocycles. The fourth-order valence-corrected chi connectivity index (χ4v) is 3.74. The van der Waals surface area contributed by atoms with Crippen LogP contribution in [0.25, 0.3) is 0 Å². The minimum Gasteiger partial charge on any atom is -0.490 e. The van der Waals surface area contributed by atoms with Crippen LogP contribution in [0, 0.1) is 17.8 Å². The average Bonchev–Trinajstić information content (AvgIpc) is 2.82. The lowest BCUT2D eigenvalue weighted by Gasteiger charge is -2.11. The summed E-state index contributed by atoms with van der Waals surface area (Å²) in [6.07, 6.45) is 4.83. The van der Waals surface area contributed by atoms with E-state index in [0.29, 0.717) is 11.7 Å². The molecule has 1 aromatic carbocycles. The average molecular weight is 242 g/mol. The highest BCUT2D eigenvalue weighted by molar-refractivity contribution is 5.98. The Labute approximate surface area is 107 Å². The van der Waals surface area contributed by atoms with E-state index in [9.17, 15) is 4.79 Å². The first kappa shape index (κ1) is 10.6. The van der Waals surface area contributed by atoms with E-state index < -0.39 is 0 Å². The molecule has 0 spiro atoms. The highest BCUT2D eigenvalue weighted by Gasteiger charge is 2.48. The van der Waals surface area contributed by atoms with Crippen molar-refractivity contribution >= 4 is 5.78 Å². The second-order valence-corrected chi connectivity index (χ2v) is 6.24. The molecule has 2 nitrogen and oxygen atoms in total. The van der Waals surface area contributed by atoms with Crippen molar-refractivity contribution in [3.63, 3.8) is 0 Å². The summed E-state index contributed by atoms with van der Waals surface area (Å²) in [5.74, 6) is 3.37. The van der Waals surface area contributed by atoms with Gasteiger partial charge in [-0.25, -0.2) is 0 Å². The van der Waals surface area contributed by atoms with Crippen molar-refractivity contribution in [3.05, 3.63) is 29.3 Å². The van der Waals surface area contributed by atoms with Crippen LogP contribution in [0.2, 0.25) is 0 Å². The van der Waals surface area contributed by atoms with E-state index in [1.807, 2.05) is 12.1 Å². The maximum atomic E-state index is 12.5. The SMILES string of the molecule is CC1Cc2cc(C(=O)C3CC4CC4C3)ccc2O1. The molecule has 1 aliphatic heterocycles. The molecule has 4 rings (SSSR count). The third-order valence-electron chi connectivity index (χ3n) is 4.79. The van der Waals surface area contributed by atoms with Crippen molar-refractivity contribution in [2.75, 3.05) is 0 Å². The van der Waals surface area contributed by atoms with Crippen LogP contribution in [0.4, 0.5) is 0 Å². The first-order chi connectivity index (χ1) is 8.70. The zero-order valence-electron chi connectivity index (χ0n) is 10.7. The van der Waals surface area contributed by atoms with Gasteiger partial charge in [0.25, 0.3) is 0 Å². The first-order valence-corrected chi connectivity index (χ1v) is 7.04. The zero-order valence-corrected chi connectivity index (χ0v) is 10.7. The van der Waals surface area contributed by atoms with E-state index in [1.54, 1.807) is 0 Å². The summed E-state index contributed by atoms with van der Waals surface area (Å²) < 4.78 is 5.68. The minimum absolute atomic E-state index is 0.254. The van der Waals surface area contributed by atoms with Gasteiger partial charge < -0.3 is 4.74 Å². The third kappa shape index (κ3) is 1.58. The van der Waals surface area contributed by atoms with Gasteiger partial charge >= 0.3 is 0 Å². The number of Topliss-reactive ketones (excluding diaryl/α,β-unsaturated/α-hetero) is 1. The van der Waals surface area contributed by atoms with Crippen molar-refractivity contribution in [3.8, 4) is 5.75 Å². The van der Waals surface area contributed by atoms with Gasteiger partial charge in [-0.2, -0.15) is 0 Å². The van der Waals surface area contributed by atoms with Crippen LogP contribution < -0.4 is 4.74 Å². The molecule has 2 fully saturated rings. The molecule has 0 N–H and O–H groups in total. The Balaban J connectivity index is 1.58. The molecule has 0 amide bonds. The second-order valence-electron chi connectivity index (χ2n) is 6.24. The molecular formula is C16H18O2. The summed E-state index contributed by atoms with van der Waals surface area (Å²) in [5, 5.41) is 0. The number of ketones is 1. The lowest BCUT2D eigenvalue weighted by atomic mass is 9.92. The van der Waals surface area contributed by atoms with Crippen LogP contribution in [0.3, 0.4) is 0 Å². The summed E-state index contributed by atoms with van der Waals surface area (Å²) in [6, 6.07) is 5.98. The summed E-state index contributed by atoms with van der Waals surface area (Å²) in [4.78, 5) is 12.5. The Hall–Kier alpha value is -1.31. The van der Waals surface area contributed by atoms with E-state index in [4.69, 9.17) is 4.74 Å². The van der Waals surface area contributed by atoms with E-state index in [-0.39, 0.29) is 6.10 Å². The van der Waals surface area contributed by atoms with E-state index in [1.165, 1.54) is 12.0 Å². The number of carbonyl (C=O) groups excluding carboxylic acids is 1. The van der Waals surface area contributed by atoms with Gasteiger partial charge in [-0.3, -0.25) is 4.79 Å². The molecule has 1 aromatic rings. The number of rotatable bonds is 2. The first-order valence-electron chi connectivity index (χ1n) is 7.04. The monoisotopic (exact) mass is 242 g/mol. The summed E-state index contributed by atoms with van der Waals surface area (Å²) in [5.41, 5.74) is 2.11. The van der Waals surface area contributed by atoms with Crippen LogP contribution in [0.1, 0.15) is 42.1 Å². The standard InChI is InChI=1S/C16H18O2/c1-9-4-13-5-10(2-3-15(13)18-9)16(17)14-7-11-6-12(11)8-14/h2-3,5,9,11-12,14H,4,6-8H2,1H3. The van der Waals surface area contributed by atoms with Gasteiger partial charge in [-0.05, 0) is 61.8 Å². The number of ether oxygens (including phenoxy) is 1. The van der Waals surface area contributed by atoms with Crippen LogP contribution in [-0.4, -0.2) is 11.9 Å². The van der Waals surface area contributed by atoms with Crippen LogP contribution in [0.15, 0.2) is 18.2 Å². The van der Waals surface area contributed by atoms with Crippen molar-refractivity contribution in [1.29, 1.82) is 0 Å². The number of hydrogen-bond donors (Lipinski definition) is 0. The van der Waals surface area contributed by atoms with Gasteiger partial charge in [-0.1, -0.05) is 0 Å². The van der Waals surface area contributed by atoms with Gasteiger partial charge in [0.2, 0.25) is 0 Å². The molecule has 3 aliphatic rings. The van der Waals surface area contributed by atoms with Crippen LogP contribution in [0.5, 0.6) is 5.75 Å². The normalized spacial score (nSPS) is 35.8.